The van der Waals surface area contributed by atoms with Crippen molar-refractivity contribution >= 4 is 70.3 Å². The number of unbranched alkanes of at least 4 members (excludes halogenated alkanes) is 1. The lowest BCUT2D eigenvalue weighted by Gasteiger charge is -2.33. The molecule has 11 N–H and O–H groups in total. The lowest BCUT2D eigenvalue weighted by Crippen LogP contribution is -2.51. The molecule has 1 aliphatic heterocycles. The Labute approximate surface area is 427 Å². The molecule has 0 unspecified atom stereocenters. The topological polar surface area (TPSA) is 365 Å². The number of rotatable bonds is 26. The van der Waals surface area contributed by atoms with Crippen molar-refractivity contribution < 1.29 is 78.6 Å². The minimum absolute atomic E-state index is 0.0301. The smallest absolute Gasteiger partial charge is 0.330 e. The Hall–Kier alpha value is -7.22. The molecule has 1 saturated carbocycles. The normalized spacial score (nSPS) is 18.9. The van der Waals surface area contributed by atoms with E-state index in [4.69, 9.17) is 5.11 Å². The van der Waals surface area contributed by atoms with Gasteiger partial charge in [-0.15, -0.1) is 0 Å². The largest absolute Gasteiger partial charge is 0.480 e. The number of carbonyl (C=O) groups is 10. The van der Waals surface area contributed by atoms with Crippen molar-refractivity contribution in [3.8, 4) is 0 Å². The van der Waals surface area contributed by atoms with Crippen molar-refractivity contribution in [2.24, 2.45) is 11.8 Å². The highest BCUT2D eigenvalue weighted by molar-refractivity contribution is 5.90. The molecule has 0 radical (unpaired) electrons. The van der Waals surface area contributed by atoms with Crippen molar-refractivity contribution in [1.82, 2.24) is 46.2 Å². The van der Waals surface area contributed by atoms with Crippen LogP contribution in [0.25, 0.3) is 10.8 Å². The van der Waals surface area contributed by atoms with Gasteiger partial charge in [0.2, 0.25) is 17.7 Å². The van der Waals surface area contributed by atoms with Gasteiger partial charge in [-0.2, -0.15) is 0 Å². The molecule has 25 heteroatoms. The quantitative estimate of drug-likeness (QED) is 0.0414. The molecule has 1 aliphatic carbocycles. The van der Waals surface area contributed by atoms with E-state index in [0.29, 0.717) is 57.5 Å². The van der Waals surface area contributed by atoms with Crippen LogP contribution in [0.1, 0.15) is 50.5 Å². The van der Waals surface area contributed by atoms with E-state index >= 15 is 0 Å². The minimum Gasteiger partial charge on any atom is -0.480 e. The Morgan fingerprint density at radius 3 is 1.64 bits per heavy atom. The summed E-state index contributed by atoms with van der Waals surface area (Å²) in [6, 6.07) is 8.16. The monoisotopic (exact) mass is 1040 g/mol. The number of urea groups is 1. The fourth-order valence-corrected chi connectivity index (χ4v) is 8.81. The Kier molecular flexibility index (Phi) is 24.6. The van der Waals surface area contributed by atoms with E-state index < -0.39 is 71.8 Å². The first kappa shape index (κ1) is 59.3. The van der Waals surface area contributed by atoms with Gasteiger partial charge in [0.05, 0.1) is 26.2 Å². The fraction of sp³-hybridized carbons (Fsp3) is 0.551. The number of benzene rings is 2. The van der Waals surface area contributed by atoms with E-state index in [1.807, 2.05) is 52.7 Å². The number of amides is 5. The number of carbonyl (C=O) groups excluding carboxylic acids is 4. The molecule has 3 atom stereocenters. The maximum absolute atomic E-state index is 13.8. The molecule has 25 nitrogen and oxygen atoms in total. The summed E-state index contributed by atoms with van der Waals surface area (Å²) in [7, 11) is 0. The van der Waals surface area contributed by atoms with Crippen LogP contribution in [0, 0.1) is 11.8 Å². The molecule has 0 bridgehead atoms. The first-order valence-electron chi connectivity index (χ1n) is 24.6. The number of aliphatic carboxylic acids is 6. The second-order valence-corrected chi connectivity index (χ2v) is 18.6. The average molecular weight is 1040 g/mol. The summed E-state index contributed by atoms with van der Waals surface area (Å²) in [4.78, 5) is 129. The Balaban J connectivity index is 1.30. The fourth-order valence-electron chi connectivity index (χ4n) is 8.81. The van der Waals surface area contributed by atoms with Gasteiger partial charge in [0, 0.05) is 83.9 Å². The summed E-state index contributed by atoms with van der Waals surface area (Å²) < 4.78 is 0. The molecule has 406 valence electrons. The first-order chi connectivity index (χ1) is 35.2. The van der Waals surface area contributed by atoms with E-state index in [9.17, 15) is 73.5 Å². The molecule has 2 aliphatic rings. The zero-order valence-electron chi connectivity index (χ0n) is 41.2. The van der Waals surface area contributed by atoms with Gasteiger partial charge in [-0.1, -0.05) is 42.5 Å². The SMILES string of the molecule is O=C(O)/C=C/[C@H](NC(=O)N[C@@H](CCCCNC(=O)[C@H](Cc1ccc2ccccc2c1)NC(=O)C1CCC(CNC(=O)CN2CCN(CC(=O)O)CCN(CC(=O)O)CCN(CC(=O)O)CC2)CC1)C(=O)O)C(=O)O. The van der Waals surface area contributed by atoms with Crippen molar-refractivity contribution in [1.29, 1.82) is 0 Å². The van der Waals surface area contributed by atoms with Crippen LogP contribution in [0.15, 0.2) is 54.6 Å². The minimum atomic E-state index is -1.73. The Morgan fingerprint density at radius 2 is 1.12 bits per heavy atom. The van der Waals surface area contributed by atoms with Crippen molar-refractivity contribution in [3.63, 3.8) is 0 Å². The number of carboxylic acid groups (broad SMARTS) is 6. The van der Waals surface area contributed by atoms with Crippen LogP contribution < -0.4 is 26.6 Å². The van der Waals surface area contributed by atoms with Crippen LogP contribution in [0.4, 0.5) is 4.79 Å². The van der Waals surface area contributed by atoms with E-state index in [1.54, 1.807) is 14.7 Å². The van der Waals surface area contributed by atoms with Gasteiger partial charge >= 0.3 is 41.8 Å². The number of hydrogen-bond donors (Lipinski definition) is 11. The average Bonchev–Trinajstić information content (AvgIpc) is 3.34. The molecule has 1 saturated heterocycles. The third-order valence-corrected chi connectivity index (χ3v) is 12.9. The molecule has 2 aromatic rings. The molecule has 1 heterocycles. The summed E-state index contributed by atoms with van der Waals surface area (Å²) in [6.45, 7) is 1.70. The predicted octanol–water partition coefficient (Wildman–Crippen LogP) is -0.602. The maximum Gasteiger partial charge on any atom is 0.330 e. The van der Waals surface area contributed by atoms with Gasteiger partial charge in [-0.05, 0) is 73.3 Å². The van der Waals surface area contributed by atoms with Gasteiger partial charge in [-0.25, -0.2) is 19.2 Å². The Bertz CT molecular complexity index is 2280. The van der Waals surface area contributed by atoms with Crippen LogP contribution in [0.2, 0.25) is 0 Å². The van der Waals surface area contributed by atoms with Crippen molar-refractivity contribution in [3.05, 3.63) is 60.2 Å². The molecule has 4 rings (SSSR count). The Morgan fingerprint density at radius 1 is 0.581 bits per heavy atom. The number of carboxylic acids is 6. The van der Waals surface area contributed by atoms with Gasteiger partial charge in [-0.3, -0.25) is 48.4 Å². The highest BCUT2D eigenvalue weighted by atomic mass is 16.4. The summed E-state index contributed by atoms with van der Waals surface area (Å²) in [5, 5.41) is 71.1. The third-order valence-electron chi connectivity index (χ3n) is 12.9. The van der Waals surface area contributed by atoms with Gasteiger partial charge in [0.1, 0.15) is 18.1 Å². The molecule has 2 fully saturated rings. The summed E-state index contributed by atoms with van der Waals surface area (Å²) >= 11 is 0. The van der Waals surface area contributed by atoms with E-state index in [0.717, 1.165) is 16.3 Å². The van der Waals surface area contributed by atoms with Crippen LogP contribution in [-0.4, -0.2) is 220 Å². The van der Waals surface area contributed by atoms with Crippen molar-refractivity contribution in [2.45, 2.75) is 69.5 Å². The number of fused-ring (bicyclic) bond motifs is 1. The lowest BCUT2D eigenvalue weighted by atomic mass is 9.81. The van der Waals surface area contributed by atoms with Crippen LogP contribution in [-0.2, 0) is 49.6 Å². The second kappa shape index (κ2) is 30.7. The van der Waals surface area contributed by atoms with Gasteiger partial charge in [0.15, 0.2) is 0 Å². The molecule has 0 aromatic heterocycles. The number of hydrogen-bond acceptors (Lipinski definition) is 14. The molecule has 0 spiro atoms. The second-order valence-electron chi connectivity index (χ2n) is 18.6. The zero-order chi connectivity index (χ0) is 54.2. The molecule has 74 heavy (non-hydrogen) atoms. The lowest BCUT2D eigenvalue weighted by molar-refractivity contribution is -0.140. The summed E-state index contributed by atoms with van der Waals surface area (Å²) in [6.07, 6.45) is 4.04. The molecular formula is C49H69N9O16. The summed E-state index contributed by atoms with van der Waals surface area (Å²) in [5.41, 5.74) is 0.799. The van der Waals surface area contributed by atoms with Crippen molar-refractivity contribution in [2.75, 3.05) is 91.6 Å². The van der Waals surface area contributed by atoms with Gasteiger partial charge in [0.25, 0.3) is 0 Å². The van der Waals surface area contributed by atoms with E-state index in [2.05, 4.69) is 21.3 Å². The van der Waals surface area contributed by atoms with Crippen LogP contribution >= 0.6 is 0 Å². The molecular weight excluding hydrogens is 971 g/mol. The highest BCUT2D eigenvalue weighted by Crippen LogP contribution is 2.29. The third kappa shape index (κ3) is 22.3. The van der Waals surface area contributed by atoms with E-state index in [1.165, 1.54) is 0 Å². The van der Waals surface area contributed by atoms with Crippen LogP contribution in [0.3, 0.4) is 0 Å². The zero-order valence-corrected chi connectivity index (χ0v) is 41.2. The molecule has 5 amide bonds. The predicted molar refractivity (Wildman–Crippen MR) is 265 cm³/mol. The van der Waals surface area contributed by atoms with Gasteiger partial charge < -0.3 is 57.2 Å². The first-order valence-corrected chi connectivity index (χ1v) is 24.6. The number of nitrogens with zero attached hydrogens (tertiary/aromatic N) is 4. The standard InChI is InChI=1S/C49H69N9O16/c59-40(28-55-17-19-56(29-42(62)63)21-23-58(31-44(66)67)24-22-57(20-18-55)30-43(64)65)51-27-32-8-12-35(13-9-32)45(68)52-39(26-33-10-11-34-5-1-2-6-36(34)25-33)46(69)50-16-4-3-7-37(47(70)71)53-49(74)54-38(48(72)73)14-15-41(60)61/h1-2,5-6,10-11,14-15,25,32,35,37-39H,3-4,7-9,12-13,16-24,26-31H2,(H,50,69)(H,51,59)(H,52,68)(H,60,61)(H,62,63)(H,64,65)(H,66,67)(H,70,71)(H,72,73)(H2,53,54,74)/b15-14+/t32?,35?,37-,38-,39-/m0/s1. The van der Waals surface area contributed by atoms with Crippen LogP contribution in [0.5, 0.6) is 0 Å². The molecule has 2 aromatic carbocycles. The highest BCUT2D eigenvalue weighted by Gasteiger charge is 2.31. The summed E-state index contributed by atoms with van der Waals surface area (Å²) in [5.74, 6) is -8.97. The number of nitrogens with one attached hydrogen (secondary N) is 5. The van der Waals surface area contributed by atoms with E-state index in [-0.39, 0.29) is 115 Å². The maximum atomic E-state index is 13.8.